The van der Waals surface area contributed by atoms with Gasteiger partial charge >= 0.3 is 0 Å². The van der Waals surface area contributed by atoms with Crippen molar-refractivity contribution in [3.05, 3.63) is 41.5 Å². The van der Waals surface area contributed by atoms with Gasteiger partial charge in [0.25, 0.3) is 0 Å². The zero-order valence-electron chi connectivity index (χ0n) is 5.91. The Hall–Kier alpha value is -1.59. The molecule has 0 fully saturated rings. The van der Waals surface area contributed by atoms with E-state index in [0.29, 0.717) is 5.75 Å². The van der Waals surface area contributed by atoms with Crippen LogP contribution >= 0.6 is 0 Å². The van der Waals surface area contributed by atoms with Gasteiger partial charge in [-0.15, -0.1) is 0 Å². The Morgan fingerprint density at radius 1 is 1.27 bits per heavy atom. The summed E-state index contributed by atoms with van der Waals surface area (Å²) in [6.07, 6.45) is 8.45. The summed E-state index contributed by atoms with van der Waals surface area (Å²) in [5.74, 6) is 0.330. The summed E-state index contributed by atoms with van der Waals surface area (Å²) in [7, 11) is 0. The molecule has 0 bridgehead atoms. The van der Waals surface area contributed by atoms with Crippen LogP contribution in [0.1, 0.15) is 11.1 Å². The van der Waals surface area contributed by atoms with Gasteiger partial charge in [0, 0.05) is 12.1 Å². The zero-order chi connectivity index (χ0) is 7.68. The fraction of sp³-hybridized carbons (Fsp3) is 0. The van der Waals surface area contributed by atoms with Crippen molar-refractivity contribution in [3.8, 4) is 5.75 Å². The summed E-state index contributed by atoms with van der Waals surface area (Å²) in [6.45, 7) is 0. The van der Waals surface area contributed by atoms with Crippen LogP contribution in [-0.4, -0.2) is 5.11 Å². The van der Waals surface area contributed by atoms with E-state index >= 15 is 0 Å². The molecular formula is C10H7O+. The maximum atomic E-state index is 9.36. The number of benzene rings is 1. The van der Waals surface area contributed by atoms with Gasteiger partial charge in [-0.2, -0.15) is 0 Å². The quantitative estimate of drug-likeness (QED) is 0.552. The first kappa shape index (κ1) is 6.14. The van der Waals surface area contributed by atoms with E-state index < -0.39 is 0 Å². The molecule has 0 saturated heterocycles. The second-order valence-corrected chi connectivity index (χ2v) is 2.42. The van der Waals surface area contributed by atoms with Crippen molar-refractivity contribution in [2.75, 3.05) is 0 Å². The molecule has 52 valence electrons. The second kappa shape index (κ2) is 2.22. The number of phenols is 1. The van der Waals surface area contributed by atoms with Crippen molar-refractivity contribution in [2.24, 2.45) is 0 Å². The van der Waals surface area contributed by atoms with Gasteiger partial charge in [0.15, 0.2) is 0 Å². The minimum atomic E-state index is 0.330. The Kier molecular flexibility index (Phi) is 1.24. The first-order valence-electron chi connectivity index (χ1n) is 3.46. The van der Waals surface area contributed by atoms with Gasteiger partial charge in [-0.3, -0.25) is 0 Å². The van der Waals surface area contributed by atoms with Gasteiger partial charge in [-0.1, -0.05) is 0 Å². The molecule has 1 aliphatic rings. The Morgan fingerprint density at radius 2 is 2.18 bits per heavy atom. The topological polar surface area (TPSA) is 20.2 Å². The zero-order valence-corrected chi connectivity index (χ0v) is 5.91. The van der Waals surface area contributed by atoms with Crippen LogP contribution in [-0.2, 0) is 0 Å². The number of phenolic OH excluding ortho intramolecular Hbond substituents is 1. The first-order chi connectivity index (χ1) is 5.38. The maximum Gasteiger partial charge on any atom is 0.150 e. The van der Waals surface area contributed by atoms with Crippen LogP contribution in [0.2, 0.25) is 0 Å². The van der Waals surface area contributed by atoms with Crippen LogP contribution in [0.25, 0.3) is 12.2 Å². The second-order valence-electron chi connectivity index (χ2n) is 2.42. The van der Waals surface area contributed by atoms with Gasteiger partial charge in [-0.25, -0.2) is 0 Å². The lowest BCUT2D eigenvalue weighted by atomic mass is 10.0. The highest BCUT2D eigenvalue weighted by atomic mass is 16.3. The highest BCUT2D eigenvalue weighted by molar-refractivity contribution is 5.73. The molecule has 0 amide bonds. The number of rotatable bonds is 0. The summed E-state index contributed by atoms with van der Waals surface area (Å²) in [5.41, 5.74) is 1.90. The van der Waals surface area contributed by atoms with Crippen molar-refractivity contribution in [1.29, 1.82) is 0 Å². The van der Waals surface area contributed by atoms with Crippen LogP contribution in [0.5, 0.6) is 5.75 Å². The van der Waals surface area contributed by atoms with Gasteiger partial charge in [-0.05, 0) is 12.1 Å². The summed E-state index contributed by atoms with van der Waals surface area (Å²) in [5, 5.41) is 9.36. The Bertz CT molecular complexity index is 335. The molecule has 0 unspecified atom stereocenters. The molecule has 0 saturated carbocycles. The van der Waals surface area contributed by atoms with Crippen molar-refractivity contribution in [1.82, 2.24) is 0 Å². The fourth-order valence-corrected chi connectivity index (χ4v) is 1.15. The summed E-state index contributed by atoms with van der Waals surface area (Å²) in [4.78, 5) is 0. The molecule has 1 heteroatoms. The van der Waals surface area contributed by atoms with E-state index in [2.05, 4.69) is 6.08 Å². The van der Waals surface area contributed by atoms with Crippen LogP contribution in [0.3, 0.4) is 0 Å². The van der Waals surface area contributed by atoms with E-state index in [9.17, 15) is 5.11 Å². The predicted octanol–water partition coefficient (Wildman–Crippen LogP) is 2.24. The largest absolute Gasteiger partial charge is 0.505 e. The van der Waals surface area contributed by atoms with E-state index in [1.807, 2.05) is 24.3 Å². The molecule has 1 nitrogen and oxygen atoms in total. The third-order valence-corrected chi connectivity index (χ3v) is 1.70. The maximum absolute atomic E-state index is 9.36. The number of allylic oxidation sites excluding steroid dienone is 2. The molecule has 1 aromatic rings. The minimum absolute atomic E-state index is 0.330. The van der Waals surface area contributed by atoms with Gasteiger partial charge in [0.1, 0.15) is 23.5 Å². The normalized spacial score (nSPS) is 12.4. The summed E-state index contributed by atoms with van der Waals surface area (Å²) in [6, 6.07) is 5.46. The lowest BCUT2D eigenvalue weighted by Crippen LogP contribution is -1.83. The molecule has 2 rings (SSSR count). The van der Waals surface area contributed by atoms with E-state index in [1.54, 1.807) is 12.1 Å². The summed E-state index contributed by atoms with van der Waals surface area (Å²) >= 11 is 0. The average molecular weight is 143 g/mol. The van der Waals surface area contributed by atoms with Crippen molar-refractivity contribution in [2.45, 2.75) is 0 Å². The molecule has 0 aliphatic heterocycles. The number of hydrogen-bond donors (Lipinski definition) is 1. The molecule has 1 N–H and O–H groups in total. The van der Waals surface area contributed by atoms with Crippen molar-refractivity contribution < 1.29 is 5.11 Å². The molecule has 1 aromatic carbocycles. The number of fused-ring (bicyclic) bond motifs is 1. The van der Waals surface area contributed by atoms with Crippen LogP contribution in [0.15, 0.2) is 24.3 Å². The molecule has 0 radical (unpaired) electrons. The molecule has 0 heterocycles. The van der Waals surface area contributed by atoms with Gasteiger partial charge in [0.2, 0.25) is 0 Å². The van der Waals surface area contributed by atoms with E-state index in [-0.39, 0.29) is 0 Å². The molecule has 0 aromatic heterocycles. The molecule has 11 heavy (non-hydrogen) atoms. The summed E-state index contributed by atoms with van der Waals surface area (Å²) < 4.78 is 0. The van der Waals surface area contributed by atoms with Gasteiger partial charge < -0.3 is 5.11 Å². The van der Waals surface area contributed by atoms with E-state index in [4.69, 9.17) is 0 Å². The average Bonchev–Trinajstić information content (AvgIpc) is 2.06. The van der Waals surface area contributed by atoms with E-state index in [0.717, 1.165) is 11.1 Å². The lowest BCUT2D eigenvalue weighted by molar-refractivity contribution is 0.474. The lowest BCUT2D eigenvalue weighted by Gasteiger charge is -1.97. The standard InChI is InChI=1S/C10H6O/c11-10-7-3-5-8-4-1-2-6-9(8)10/h2-7H/p+1. The minimum Gasteiger partial charge on any atom is -0.505 e. The highest BCUT2D eigenvalue weighted by Gasteiger charge is 2.11. The van der Waals surface area contributed by atoms with Crippen molar-refractivity contribution in [3.63, 3.8) is 0 Å². The smallest absolute Gasteiger partial charge is 0.150 e. The number of aromatic hydroxyl groups is 1. The molecule has 0 spiro atoms. The number of hydrogen-bond acceptors (Lipinski definition) is 1. The third-order valence-electron chi connectivity index (χ3n) is 1.70. The Labute approximate surface area is 65.3 Å². The van der Waals surface area contributed by atoms with E-state index in [1.165, 1.54) is 0 Å². The Morgan fingerprint density at radius 3 is 3.00 bits per heavy atom. The van der Waals surface area contributed by atoms with Crippen LogP contribution in [0, 0.1) is 6.08 Å². The van der Waals surface area contributed by atoms with Crippen LogP contribution in [0.4, 0.5) is 0 Å². The molecule has 1 aliphatic carbocycles. The Balaban J connectivity index is 2.70. The highest BCUT2D eigenvalue weighted by Crippen LogP contribution is 2.25. The van der Waals surface area contributed by atoms with Gasteiger partial charge in [0.05, 0.1) is 11.6 Å². The van der Waals surface area contributed by atoms with Crippen molar-refractivity contribution >= 4 is 12.2 Å². The first-order valence-corrected chi connectivity index (χ1v) is 3.46. The van der Waals surface area contributed by atoms with Crippen LogP contribution < -0.4 is 0 Å². The molecule has 0 atom stereocenters. The monoisotopic (exact) mass is 143 g/mol. The SMILES string of the molecule is Oc1cccc2c1C=C[C+]=C2. The fourth-order valence-electron chi connectivity index (χ4n) is 1.15. The predicted molar refractivity (Wildman–Crippen MR) is 44.8 cm³/mol. The molecular weight excluding hydrogens is 136 g/mol. The third kappa shape index (κ3) is 0.917.